The summed E-state index contributed by atoms with van der Waals surface area (Å²) in [4.78, 5) is 11.0. The maximum Gasteiger partial charge on any atom is 0.341 e. The Kier molecular flexibility index (Phi) is 5.93. The summed E-state index contributed by atoms with van der Waals surface area (Å²) in [7, 11) is 0. The second-order valence-corrected chi connectivity index (χ2v) is 7.51. The number of benzene rings is 3. The molecule has 1 heterocycles. The van der Waals surface area contributed by atoms with Gasteiger partial charge in [-0.15, -0.1) is 0 Å². The quantitative estimate of drug-likeness (QED) is 0.379. The number of rotatable bonds is 6. The van der Waals surface area contributed by atoms with Crippen molar-refractivity contribution in [1.29, 1.82) is 0 Å². The van der Waals surface area contributed by atoms with Crippen molar-refractivity contribution in [2.45, 2.75) is 0 Å². The molecule has 31 heavy (non-hydrogen) atoms. The lowest BCUT2D eigenvalue weighted by atomic mass is 10.1. The Morgan fingerprint density at radius 3 is 2.32 bits per heavy atom. The Balaban J connectivity index is 1.88. The Hall–Kier alpha value is -3.35. The van der Waals surface area contributed by atoms with E-state index in [1.165, 1.54) is 12.1 Å². The van der Waals surface area contributed by atoms with Gasteiger partial charge in [0.1, 0.15) is 11.6 Å². The number of carboxylic acid groups (broad SMARTS) is 1. The molecule has 0 saturated carbocycles. The first-order valence-electron chi connectivity index (χ1n) is 9.17. The van der Waals surface area contributed by atoms with Crippen LogP contribution < -0.4 is 4.74 Å². The van der Waals surface area contributed by atoms with Gasteiger partial charge in [-0.1, -0.05) is 23.2 Å². The van der Waals surface area contributed by atoms with E-state index in [9.17, 15) is 9.18 Å². The van der Waals surface area contributed by atoms with Crippen LogP contribution in [0, 0.1) is 5.82 Å². The molecule has 0 bridgehead atoms. The fourth-order valence-electron chi connectivity index (χ4n) is 3.09. The highest BCUT2D eigenvalue weighted by molar-refractivity contribution is 6.31. The molecule has 0 atom stereocenters. The van der Waals surface area contributed by atoms with Crippen LogP contribution in [0.2, 0.25) is 10.0 Å². The normalized spacial score (nSPS) is 10.8. The average molecular weight is 457 g/mol. The molecule has 3 aromatic carbocycles. The number of carboxylic acids is 1. The van der Waals surface area contributed by atoms with Gasteiger partial charge >= 0.3 is 5.97 Å². The SMILES string of the molecule is O=C(O)COc1ccc(Cl)cc1-c1cc(-c2ccc(F)cc2)n(-c2ccc(Cl)cc2)n1. The van der Waals surface area contributed by atoms with Gasteiger partial charge in [-0.05, 0) is 72.8 Å². The van der Waals surface area contributed by atoms with Gasteiger partial charge in [-0.3, -0.25) is 0 Å². The molecule has 0 radical (unpaired) electrons. The monoisotopic (exact) mass is 456 g/mol. The van der Waals surface area contributed by atoms with Crippen LogP contribution in [0.3, 0.4) is 0 Å². The van der Waals surface area contributed by atoms with E-state index in [2.05, 4.69) is 0 Å². The van der Waals surface area contributed by atoms with Crippen molar-refractivity contribution in [1.82, 2.24) is 9.78 Å². The van der Waals surface area contributed by atoms with Gasteiger partial charge in [0.2, 0.25) is 0 Å². The van der Waals surface area contributed by atoms with Crippen LogP contribution in [0.4, 0.5) is 4.39 Å². The minimum atomic E-state index is -1.10. The number of halogens is 3. The van der Waals surface area contributed by atoms with E-state index in [0.717, 1.165) is 11.3 Å². The third-order valence-electron chi connectivity index (χ3n) is 4.49. The van der Waals surface area contributed by atoms with Crippen molar-refractivity contribution in [3.8, 4) is 34.0 Å². The van der Waals surface area contributed by atoms with Gasteiger partial charge in [-0.25, -0.2) is 13.9 Å². The van der Waals surface area contributed by atoms with E-state index in [4.69, 9.17) is 38.1 Å². The molecule has 156 valence electrons. The minimum Gasteiger partial charge on any atom is -0.481 e. The van der Waals surface area contributed by atoms with Crippen LogP contribution in [0.1, 0.15) is 0 Å². The Labute approximate surface area is 187 Å². The highest BCUT2D eigenvalue weighted by atomic mass is 35.5. The molecule has 4 rings (SSSR count). The van der Waals surface area contributed by atoms with Crippen molar-refractivity contribution in [2.24, 2.45) is 0 Å². The molecule has 8 heteroatoms. The first kappa shape index (κ1) is 20.9. The number of ether oxygens (including phenoxy) is 1. The molecule has 0 amide bonds. The number of carbonyl (C=O) groups is 1. The second-order valence-electron chi connectivity index (χ2n) is 6.63. The predicted octanol–water partition coefficient (Wildman–Crippen LogP) is 6.12. The summed E-state index contributed by atoms with van der Waals surface area (Å²) in [5.41, 5.74) is 3.22. The smallest absolute Gasteiger partial charge is 0.341 e. The summed E-state index contributed by atoms with van der Waals surface area (Å²) in [6.45, 7) is -0.503. The molecule has 1 aromatic heterocycles. The Bertz CT molecular complexity index is 1180. The third-order valence-corrected chi connectivity index (χ3v) is 4.98. The molecule has 0 aliphatic rings. The summed E-state index contributed by atoms with van der Waals surface area (Å²) < 4.78 is 20.6. The zero-order valence-corrected chi connectivity index (χ0v) is 17.4. The second kappa shape index (κ2) is 8.79. The molecule has 4 aromatic rings. The van der Waals surface area contributed by atoms with Gasteiger partial charge in [0.25, 0.3) is 0 Å². The van der Waals surface area contributed by atoms with Crippen molar-refractivity contribution >= 4 is 29.2 Å². The fourth-order valence-corrected chi connectivity index (χ4v) is 3.38. The summed E-state index contributed by atoms with van der Waals surface area (Å²) in [5, 5.41) is 14.7. The molecule has 0 fully saturated rings. The van der Waals surface area contributed by atoms with Crippen molar-refractivity contribution in [2.75, 3.05) is 6.61 Å². The molecule has 1 N–H and O–H groups in total. The molecule has 0 aliphatic heterocycles. The first-order valence-corrected chi connectivity index (χ1v) is 9.93. The average Bonchev–Trinajstić information content (AvgIpc) is 3.19. The maximum absolute atomic E-state index is 13.5. The summed E-state index contributed by atoms with van der Waals surface area (Å²) in [6, 6.07) is 19.8. The van der Waals surface area contributed by atoms with E-state index in [1.807, 2.05) is 12.1 Å². The number of aromatic nitrogens is 2. The van der Waals surface area contributed by atoms with Crippen molar-refractivity contribution in [3.05, 3.63) is 88.7 Å². The molecular weight excluding hydrogens is 442 g/mol. The molecular formula is C23H15Cl2FN2O3. The summed E-state index contributed by atoms with van der Waals surface area (Å²) in [6.07, 6.45) is 0. The fraction of sp³-hybridized carbons (Fsp3) is 0.0435. The van der Waals surface area contributed by atoms with Crippen LogP contribution in [-0.2, 0) is 4.79 Å². The standard InChI is InChI=1S/C23H15Cl2FN2O3/c24-15-3-8-18(9-4-15)28-21(14-1-6-17(26)7-2-14)12-20(27-28)19-11-16(25)5-10-22(19)31-13-23(29)30/h1-12H,13H2,(H,29,30). The van der Waals surface area contributed by atoms with Crippen molar-refractivity contribution < 1.29 is 19.0 Å². The predicted molar refractivity (Wildman–Crippen MR) is 118 cm³/mol. The molecule has 0 spiro atoms. The van der Waals surface area contributed by atoms with E-state index >= 15 is 0 Å². The largest absolute Gasteiger partial charge is 0.481 e. The lowest BCUT2D eigenvalue weighted by Gasteiger charge is -2.09. The Morgan fingerprint density at radius 2 is 1.65 bits per heavy atom. The lowest BCUT2D eigenvalue weighted by Crippen LogP contribution is -2.10. The van der Waals surface area contributed by atoms with Crippen LogP contribution in [0.15, 0.2) is 72.8 Å². The van der Waals surface area contributed by atoms with Gasteiger partial charge in [0.05, 0.1) is 17.1 Å². The van der Waals surface area contributed by atoms with Gasteiger partial charge in [0.15, 0.2) is 6.61 Å². The maximum atomic E-state index is 13.5. The zero-order chi connectivity index (χ0) is 22.0. The molecule has 0 saturated heterocycles. The van der Waals surface area contributed by atoms with Gasteiger partial charge in [0, 0.05) is 21.2 Å². The summed E-state index contributed by atoms with van der Waals surface area (Å²) in [5.74, 6) is -1.11. The number of hydrogen-bond acceptors (Lipinski definition) is 3. The van der Waals surface area contributed by atoms with Gasteiger partial charge in [-0.2, -0.15) is 5.10 Å². The van der Waals surface area contributed by atoms with E-state index < -0.39 is 12.6 Å². The molecule has 0 aliphatic carbocycles. The topological polar surface area (TPSA) is 64.3 Å². The molecule has 0 unspecified atom stereocenters. The van der Waals surface area contributed by atoms with Gasteiger partial charge < -0.3 is 9.84 Å². The lowest BCUT2D eigenvalue weighted by molar-refractivity contribution is -0.139. The highest BCUT2D eigenvalue weighted by Gasteiger charge is 2.17. The number of hydrogen-bond donors (Lipinski definition) is 1. The summed E-state index contributed by atoms with van der Waals surface area (Å²) >= 11 is 12.2. The van der Waals surface area contributed by atoms with Crippen LogP contribution >= 0.6 is 23.2 Å². The number of nitrogens with zero attached hydrogens (tertiary/aromatic N) is 2. The molecule has 5 nitrogen and oxygen atoms in total. The van der Waals surface area contributed by atoms with E-state index in [0.29, 0.717) is 32.7 Å². The third kappa shape index (κ3) is 4.71. The van der Waals surface area contributed by atoms with Crippen LogP contribution in [0.5, 0.6) is 5.75 Å². The van der Waals surface area contributed by atoms with E-state index in [1.54, 1.807) is 53.2 Å². The van der Waals surface area contributed by atoms with Crippen LogP contribution in [-0.4, -0.2) is 27.5 Å². The first-order chi connectivity index (χ1) is 14.9. The zero-order valence-electron chi connectivity index (χ0n) is 15.9. The van der Waals surface area contributed by atoms with Crippen molar-refractivity contribution in [3.63, 3.8) is 0 Å². The van der Waals surface area contributed by atoms with E-state index in [-0.39, 0.29) is 5.82 Å². The Morgan fingerprint density at radius 1 is 0.968 bits per heavy atom. The minimum absolute atomic E-state index is 0.332. The highest BCUT2D eigenvalue weighted by Crippen LogP contribution is 2.35. The van der Waals surface area contributed by atoms with Crippen LogP contribution in [0.25, 0.3) is 28.2 Å². The number of aliphatic carboxylic acids is 1.